The molecule has 5 heteroatoms. The molecule has 0 aromatic carbocycles. The first kappa shape index (κ1) is 14.2. The van der Waals surface area contributed by atoms with Crippen molar-refractivity contribution in [2.45, 2.75) is 39.4 Å². The van der Waals surface area contributed by atoms with Crippen molar-refractivity contribution in [2.75, 3.05) is 31.6 Å². The molecule has 1 aromatic heterocycles. The molecular weight excluding hydrogens is 238 g/mol. The predicted octanol–water partition coefficient (Wildman–Crippen LogP) is 1.11. The Kier molecular flexibility index (Phi) is 4.71. The molecule has 0 spiro atoms. The van der Waals surface area contributed by atoms with E-state index in [0.717, 1.165) is 37.7 Å². The van der Waals surface area contributed by atoms with Crippen LogP contribution in [0.2, 0.25) is 0 Å². The highest BCUT2D eigenvalue weighted by atomic mass is 15.3. The molecule has 2 unspecified atom stereocenters. The Morgan fingerprint density at radius 2 is 1.89 bits per heavy atom. The van der Waals surface area contributed by atoms with Crippen LogP contribution in [-0.4, -0.2) is 53.9 Å². The van der Waals surface area contributed by atoms with Gasteiger partial charge in [0.25, 0.3) is 0 Å². The van der Waals surface area contributed by atoms with Gasteiger partial charge in [-0.15, -0.1) is 5.10 Å². The summed E-state index contributed by atoms with van der Waals surface area (Å²) >= 11 is 0. The van der Waals surface area contributed by atoms with Crippen LogP contribution in [0.5, 0.6) is 0 Å². The van der Waals surface area contributed by atoms with Gasteiger partial charge in [-0.1, -0.05) is 6.92 Å². The Hall–Kier alpha value is -1.20. The second-order valence-corrected chi connectivity index (χ2v) is 5.43. The number of likely N-dealkylation sites (N-methyl/N-ethyl adjacent to an activating group) is 1. The quantitative estimate of drug-likeness (QED) is 0.882. The number of hydrogen-bond donors (Lipinski definition) is 1. The molecule has 106 valence electrons. The van der Waals surface area contributed by atoms with Gasteiger partial charge in [-0.25, -0.2) is 0 Å². The standard InChI is InChI=1S/C14H25N5/c1-5-15-8-13-6-7-14(17-16-13)19-9-11(2)18(4)12(3)10-19/h6-7,11-12,15H,5,8-10H2,1-4H3. The van der Waals surface area contributed by atoms with Gasteiger partial charge in [0.05, 0.1) is 5.69 Å². The van der Waals surface area contributed by atoms with E-state index in [1.807, 2.05) is 0 Å². The highest BCUT2D eigenvalue weighted by Crippen LogP contribution is 2.18. The van der Waals surface area contributed by atoms with Gasteiger partial charge in [-0.05, 0) is 39.6 Å². The van der Waals surface area contributed by atoms with Crippen LogP contribution >= 0.6 is 0 Å². The first-order valence-electron chi connectivity index (χ1n) is 7.12. The Morgan fingerprint density at radius 3 is 2.42 bits per heavy atom. The third kappa shape index (κ3) is 3.42. The van der Waals surface area contributed by atoms with E-state index in [4.69, 9.17) is 0 Å². The van der Waals surface area contributed by atoms with Crippen LogP contribution in [0.25, 0.3) is 0 Å². The van der Waals surface area contributed by atoms with Crippen molar-refractivity contribution < 1.29 is 0 Å². The fourth-order valence-electron chi connectivity index (χ4n) is 2.46. The summed E-state index contributed by atoms with van der Waals surface area (Å²) < 4.78 is 0. The zero-order valence-corrected chi connectivity index (χ0v) is 12.4. The number of nitrogens with zero attached hydrogens (tertiary/aromatic N) is 4. The van der Waals surface area contributed by atoms with E-state index in [-0.39, 0.29) is 0 Å². The minimum atomic E-state index is 0.548. The van der Waals surface area contributed by atoms with E-state index >= 15 is 0 Å². The van der Waals surface area contributed by atoms with Crippen LogP contribution in [-0.2, 0) is 6.54 Å². The van der Waals surface area contributed by atoms with Gasteiger partial charge < -0.3 is 10.2 Å². The molecular formula is C14H25N5. The molecule has 1 aliphatic rings. The zero-order valence-electron chi connectivity index (χ0n) is 12.4. The minimum Gasteiger partial charge on any atom is -0.352 e. The van der Waals surface area contributed by atoms with E-state index < -0.39 is 0 Å². The highest BCUT2D eigenvalue weighted by molar-refractivity contribution is 5.38. The monoisotopic (exact) mass is 263 g/mol. The van der Waals surface area contributed by atoms with Crippen molar-refractivity contribution in [1.82, 2.24) is 20.4 Å². The van der Waals surface area contributed by atoms with Crippen LogP contribution in [0.4, 0.5) is 5.82 Å². The number of anilines is 1. The zero-order chi connectivity index (χ0) is 13.8. The Labute approximate surface area is 116 Å². The van der Waals surface area contributed by atoms with E-state index in [9.17, 15) is 0 Å². The van der Waals surface area contributed by atoms with Gasteiger partial charge in [0.2, 0.25) is 0 Å². The summed E-state index contributed by atoms with van der Waals surface area (Å²) in [6, 6.07) is 5.25. The third-order valence-electron chi connectivity index (χ3n) is 3.95. The maximum atomic E-state index is 4.37. The molecule has 2 heterocycles. The summed E-state index contributed by atoms with van der Waals surface area (Å²) in [7, 11) is 2.19. The van der Waals surface area contributed by atoms with Crippen LogP contribution in [0, 0.1) is 0 Å². The molecule has 19 heavy (non-hydrogen) atoms. The average molecular weight is 263 g/mol. The third-order valence-corrected chi connectivity index (χ3v) is 3.95. The molecule has 1 fully saturated rings. The Bertz CT molecular complexity index is 379. The summed E-state index contributed by atoms with van der Waals surface area (Å²) in [5, 5.41) is 11.9. The van der Waals surface area contributed by atoms with E-state index in [2.05, 4.69) is 65.3 Å². The summed E-state index contributed by atoms with van der Waals surface area (Å²) in [5.41, 5.74) is 1.00. The van der Waals surface area contributed by atoms with Crippen molar-refractivity contribution in [3.05, 3.63) is 17.8 Å². The lowest BCUT2D eigenvalue weighted by Gasteiger charge is -2.42. The van der Waals surface area contributed by atoms with Crippen molar-refractivity contribution in [2.24, 2.45) is 0 Å². The fraction of sp³-hybridized carbons (Fsp3) is 0.714. The van der Waals surface area contributed by atoms with E-state index in [1.165, 1.54) is 0 Å². The van der Waals surface area contributed by atoms with Crippen LogP contribution < -0.4 is 10.2 Å². The van der Waals surface area contributed by atoms with Crippen molar-refractivity contribution in [3.8, 4) is 0 Å². The molecule has 0 saturated carbocycles. The lowest BCUT2D eigenvalue weighted by atomic mass is 10.1. The topological polar surface area (TPSA) is 44.3 Å². The fourth-order valence-corrected chi connectivity index (χ4v) is 2.46. The maximum Gasteiger partial charge on any atom is 0.151 e. The lowest BCUT2D eigenvalue weighted by molar-refractivity contribution is 0.169. The summed E-state index contributed by atoms with van der Waals surface area (Å²) in [4.78, 5) is 4.75. The molecule has 1 N–H and O–H groups in total. The molecule has 2 atom stereocenters. The first-order chi connectivity index (χ1) is 9.11. The molecule has 0 amide bonds. The molecule has 1 saturated heterocycles. The van der Waals surface area contributed by atoms with Gasteiger partial charge in [0, 0.05) is 31.7 Å². The number of nitrogens with one attached hydrogen (secondary N) is 1. The van der Waals surface area contributed by atoms with E-state index in [0.29, 0.717) is 12.1 Å². The molecule has 0 radical (unpaired) electrons. The summed E-state index contributed by atoms with van der Waals surface area (Å²) in [6.07, 6.45) is 0. The maximum absolute atomic E-state index is 4.37. The smallest absolute Gasteiger partial charge is 0.151 e. The summed E-state index contributed by atoms with van der Waals surface area (Å²) in [6.45, 7) is 10.4. The molecule has 0 bridgehead atoms. The van der Waals surface area contributed by atoms with Crippen LogP contribution in [0.3, 0.4) is 0 Å². The number of aromatic nitrogens is 2. The second kappa shape index (κ2) is 6.30. The Morgan fingerprint density at radius 1 is 1.21 bits per heavy atom. The van der Waals surface area contributed by atoms with Crippen molar-refractivity contribution >= 4 is 5.82 Å². The molecule has 0 aliphatic carbocycles. The van der Waals surface area contributed by atoms with Crippen molar-refractivity contribution in [1.29, 1.82) is 0 Å². The highest BCUT2D eigenvalue weighted by Gasteiger charge is 2.27. The number of rotatable bonds is 4. The van der Waals surface area contributed by atoms with Crippen LogP contribution in [0.1, 0.15) is 26.5 Å². The molecule has 2 rings (SSSR count). The SMILES string of the molecule is CCNCc1ccc(N2CC(C)N(C)C(C)C2)nn1. The summed E-state index contributed by atoms with van der Waals surface area (Å²) in [5.74, 6) is 0.993. The van der Waals surface area contributed by atoms with Crippen LogP contribution in [0.15, 0.2) is 12.1 Å². The molecule has 5 nitrogen and oxygen atoms in total. The van der Waals surface area contributed by atoms with E-state index in [1.54, 1.807) is 0 Å². The largest absolute Gasteiger partial charge is 0.352 e. The second-order valence-electron chi connectivity index (χ2n) is 5.43. The predicted molar refractivity (Wildman–Crippen MR) is 78.3 cm³/mol. The van der Waals surface area contributed by atoms with Gasteiger partial charge in [-0.2, -0.15) is 5.10 Å². The Balaban J connectivity index is 2.02. The number of hydrogen-bond acceptors (Lipinski definition) is 5. The van der Waals surface area contributed by atoms with Gasteiger partial charge in [-0.3, -0.25) is 4.90 Å². The minimum absolute atomic E-state index is 0.548. The first-order valence-corrected chi connectivity index (χ1v) is 7.12. The molecule has 1 aliphatic heterocycles. The molecule has 1 aromatic rings. The average Bonchev–Trinajstić information content (AvgIpc) is 2.42. The lowest BCUT2D eigenvalue weighted by Crippen LogP contribution is -2.55. The van der Waals surface area contributed by atoms with Gasteiger partial charge >= 0.3 is 0 Å². The number of piperazine rings is 1. The van der Waals surface area contributed by atoms with Gasteiger partial charge in [0.1, 0.15) is 0 Å². The van der Waals surface area contributed by atoms with Crippen molar-refractivity contribution in [3.63, 3.8) is 0 Å². The van der Waals surface area contributed by atoms with Gasteiger partial charge in [0.15, 0.2) is 5.82 Å². The normalized spacial score (nSPS) is 24.7.